The molecule has 0 fully saturated rings. The van der Waals surface area contributed by atoms with Crippen molar-refractivity contribution in [1.29, 1.82) is 0 Å². The van der Waals surface area contributed by atoms with E-state index >= 15 is 0 Å². The molecule has 0 amide bonds. The Morgan fingerprint density at radius 3 is 1.60 bits per heavy atom. The molecule has 0 N–H and O–H groups in total. The Hall–Kier alpha value is -6.18. The predicted molar refractivity (Wildman–Crippen MR) is 200 cm³/mol. The molecular weight excluding hydrogens is 569 g/mol. The van der Waals surface area contributed by atoms with Gasteiger partial charge in [0.15, 0.2) is 0 Å². The topological polar surface area (TPSA) is 13.1 Å². The minimum atomic E-state index is -0.442. The Kier molecular flexibility index (Phi) is 4.19. The lowest BCUT2D eigenvalue weighted by Crippen LogP contribution is -1.93. The van der Waals surface area contributed by atoms with Crippen LogP contribution in [0.4, 0.5) is 0 Å². The standard InChI is InChI=1S/C46H28O/c1-2-13-30-26-33(25-24-29(30)12-1)40-27-31-14-3-4-15-32(31)28-41(40)45-36-18-7-5-16-34(36)44(35-17-6-8-19-37(35)45)39-21-11-23-43-46(39)38-20-9-10-22-42(38)47-43/h1-28H/i5D,6D,7D,8D,16D,17D,18D,19D. The van der Waals surface area contributed by atoms with Crippen LogP contribution in [0.2, 0.25) is 0 Å². The molecule has 0 saturated carbocycles. The first-order valence-electron chi connectivity index (χ1n) is 19.5. The quantitative estimate of drug-likeness (QED) is 0.183. The van der Waals surface area contributed by atoms with E-state index in [2.05, 4.69) is 12.1 Å². The van der Waals surface area contributed by atoms with Crippen LogP contribution in [0.15, 0.2) is 174 Å². The van der Waals surface area contributed by atoms with Gasteiger partial charge in [-0.15, -0.1) is 0 Å². The first-order chi connectivity index (χ1) is 26.6. The molecule has 10 aromatic rings. The summed E-state index contributed by atoms with van der Waals surface area (Å²) in [5.41, 5.74) is 4.48. The molecule has 1 heterocycles. The van der Waals surface area contributed by atoms with E-state index in [9.17, 15) is 5.48 Å². The SMILES string of the molecule is [2H]c1c([2H])c([2H])c2c(-c3cccc4oc5ccccc5c34)c3c([2H])c([2H])c([2H])c([2H])c3c(-c3cc4ccccc4cc3-c3ccc4ccccc4c3)c2c1[2H]. The van der Waals surface area contributed by atoms with Crippen LogP contribution in [0, 0.1) is 0 Å². The van der Waals surface area contributed by atoms with Gasteiger partial charge in [0, 0.05) is 10.8 Å². The van der Waals surface area contributed by atoms with E-state index in [4.69, 9.17) is 9.90 Å². The third-order valence-corrected chi connectivity index (χ3v) is 9.26. The van der Waals surface area contributed by atoms with Gasteiger partial charge in [0.2, 0.25) is 0 Å². The van der Waals surface area contributed by atoms with E-state index < -0.39 is 24.2 Å². The maximum absolute atomic E-state index is 9.58. The zero-order valence-corrected chi connectivity index (χ0v) is 25.0. The fraction of sp³-hybridized carbons (Fsp3) is 0. The molecule has 0 aliphatic heterocycles. The first-order valence-corrected chi connectivity index (χ1v) is 15.5. The Morgan fingerprint density at radius 1 is 0.383 bits per heavy atom. The molecule has 1 aromatic heterocycles. The van der Waals surface area contributed by atoms with Crippen LogP contribution in [-0.4, -0.2) is 0 Å². The predicted octanol–water partition coefficient (Wildman–Crippen LogP) is 13.2. The van der Waals surface area contributed by atoms with Crippen molar-refractivity contribution in [1.82, 2.24) is 0 Å². The summed E-state index contributed by atoms with van der Waals surface area (Å²) in [5, 5.41) is 5.98. The van der Waals surface area contributed by atoms with Crippen LogP contribution in [-0.2, 0) is 0 Å². The van der Waals surface area contributed by atoms with E-state index in [1.807, 2.05) is 103 Å². The lowest BCUT2D eigenvalue weighted by atomic mass is 9.82. The van der Waals surface area contributed by atoms with Crippen LogP contribution in [0.3, 0.4) is 0 Å². The maximum Gasteiger partial charge on any atom is 0.136 e. The Labute approximate surface area is 283 Å². The van der Waals surface area contributed by atoms with Crippen molar-refractivity contribution in [2.75, 3.05) is 0 Å². The molecule has 1 nitrogen and oxygen atoms in total. The molecule has 0 aliphatic rings. The van der Waals surface area contributed by atoms with Crippen molar-refractivity contribution < 1.29 is 15.4 Å². The normalized spacial score (nSPS) is 14.2. The van der Waals surface area contributed by atoms with Gasteiger partial charge < -0.3 is 4.42 Å². The summed E-state index contributed by atoms with van der Waals surface area (Å²) in [6, 6.07) is 36.1. The maximum atomic E-state index is 9.58. The number of fused-ring (bicyclic) bond motifs is 7. The van der Waals surface area contributed by atoms with E-state index in [0.717, 1.165) is 38.1 Å². The average Bonchev–Trinajstić information content (AvgIpc) is 3.61. The lowest BCUT2D eigenvalue weighted by Gasteiger charge is -2.21. The molecule has 0 atom stereocenters. The highest BCUT2D eigenvalue weighted by Gasteiger charge is 2.22. The minimum Gasteiger partial charge on any atom is -0.456 e. The van der Waals surface area contributed by atoms with Crippen LogP contribution >= 0.6 is 0 Å². The number of benzene rings is 9. The third kappa shape index (κ3) is 3.97. The van der Waals surface area contributed by atoms with Gasteiger partial charge in [-0.3, -0.25) is 0 Å². The van der Waals surface area contributed by atoms with E-state index in [0.29, 0.717) is 33.2 Å². The lowest BCUT2D eigenvalue weighted by molar-refractivity contribution is 0.669. The summed E-state index contributed by atoms with van der Waals surface area (Å²) in [6.45, 7) is 0. The molecule has 0 bridgehead atoms. The number of rotatable bonds is 3. The Bertz CT molecular complexity index is 3230. The van der Waals surface area contributed by atoms with Crippen molar-refractivity contribution in [3.63, 3.8) is 0 Å². The fourth-order valence-corrected chi connectivity index (χ4v) is 7.19. The van der Waals surface area contributed by atoms with Crippen LogP contribution in [0.25, 0.3) is 98.4 Å². The molecule has 218 valence electrons. The summed E-state index contributed by atoms with van der Waals surface area (Å²) in [4.78, 5) is 0. The number of furan rings is 1. The number of para-hydroxylation sites is 1. The highest BCUT2D eigenvalue weighted by molar-refractivity contribution is 6.26. The van der Waals surface area contributed by atoms with Gasteiger partial charge in [-0.1, -0.05) is 139 Å². The zero-order valence-electron chi connectivity index (χ0n) is 33.0. The second-order valence-electron chi connectivity index (χ2n) is 11.8. The Morgan fingerprint density at radius 2 is 0.915 bits per heavy atom. The molecule has 9 aromatic carbocycles. The van der Waals surface area contributed by atoms with Gasteiger partial charge in [-0.25, -0.2) is 0 Å². The molecule has 1 heteroatoms. The van der Waals surface area contributed by atoms with Gasteiger partial charge in [-0.2, -0.15) is 0 Å². The highest BCUT2D eigenvalue weighted by atomic mass is 16.3. The molecular formula is C46H28O. The van der Waals surface area contributed by atoms with E-state index in [-0.39, 0.29) is 51.3 Å². The van der Waals surface area contributed by atoms with Gasteiger partial charge in [0.1, 0.15) is 11.2 Å². The zero-order chi connectivity index (χ0) is 37.9. The van der Waals surface area contributed by atoms with Crippen molar-refractivity contribution in [2.24, 2.45) is 0 Å². The summed E-state index contributed by atoms with van der Waals surface area (Å²) < 4.78 is 80.3. The minimum absolute atomic E-state index is 0.161. The van der Waals surface area contributed by atoms with Crippen molar-refractivity contribution in [3.8, 4) is 33.4 Å². The van der Waals surface area contributed by atoms with E-state index in [1.165, 1.54) is 0 Å². The van der Waals surface area contributed by atoms with Crippen molar-refractivity contribution in [2.45, 2.75) is 0 Å². The smallest absolute Gasteiger partial charge is 0.136 e. The summed E-state index contributed by atoms with van der Waals surface area (Å²) in [6.07, 6.45) is 0. The van der Waals surface area contributed by atoms with Gasteiger partial charge in [-0.05, 0) is 107 Å². The third-order valence-electron chi connectivity index (χ3n) is 9.26. The van der Waals surface area contributed by atoms with Gasteiger partial charge in [0.05, 0.1) is 11.0 Å². The number of hydrogen-bond acceptors (Lipinski definition) is 1. The summed E-state index contributed by atoms with van der Waals surface area (Å²) in [7, 11) is 0. The first kappa shape index (κ1) is 19.4. The molecule has 0 spiro atoms. The Balaban J connectivity index is 1.50. The average molecular weight is 605 g/mol. The van der Waals surface area contributed by atoms with Crippen LogP contribution in [0.5, 0.6) is 0 Å². The highest BCUT2D eigenvalue weighted by Crippen LogP contribution is 2.49. The largest absolute Gasteiger partial charge is 0.456 e. The molecule has 0 aliphatic carbocycles. The summed E-state index contributed by atoms with van der Waals surface area (Å²) in [5.74, 6) is 0. The molecule has 10 rings (SSSR count). The monoisotopic (exact) mass is 604 g/mol. The van der Waals surface area contributed by atoms with Crippen molar-refractivity contribution in [3.05, 3.63) is 170 Å². The fourth-order valence-electron chi connectivity index (χ4n) is 7.19. The van der Waals surface area contributed by atoms with Crippen LogP contribution in [0.1, 0.15) is 11.0 Å². The second-order valence-corrected chi connectivity index (χ2v) is 11.8. The van der Waals surface area contributed by atoms with Gasteiger partial charge >= 0.3 is 0 Å². The molecule has 0 radical (unpaired) electrons. The summed E-state index contributed by atoms with van der Waals surface area (Å²) >= 11 is 0. The molecule has 0 saturated heterocycles. The van der Waals surface area contributed by atoms with Gasteiger partial charge in [0.25, 0.3) is 0 Å². The molecule has 0 unspecified atom stereocenters. The van der Waals surface area contributed by atoms with Crippen LogP contribution < -0.4 is 0 Å². The molecule has 47 heavy (non-hydrogen) atoms. The second kappa shape index (κ2) is 10.2. The van der Waals surface area contributed by atoms with Crippen molar-refractivity contribution >= 4 is 65.0 Å². The van der Waals surface area contributed by atoms with E-state index in [1.54, 1.807) is 6.07 Å². The number of hydrogen-bond donors (Lipinski definition) is 0.